The SMILES string of the molecule is CC(Nc1ccc2c(c1)CCO2)c1c(O)cccc1O. The van der Waals surface area contributed by atoms with E-state index in [-0.39, 0.29) is 17.5 Å². The Kier molecular flexibility index (Phi) is 3.14. The molecule has 3 N–H and O–H groups in total. The molecule has 0 bridgehead atoms. The Balaban J connectivity index is 1.84. The number of nitrogens with one attached hydrogen (secondary N) is 1. The van der Waals surface area contributed by atoms with E-state index in [0.717, 1.165) is 24.5 Å². The molecule has 1 heterocycles. The Morgan fingerprint density at radius 2 is 1.90 bits per heavy atom. The molecule has 0 radical (unpaired) electrons. The summed E-state index contributed by atoms with van der Waals surface area (Å²) in [5, 5.41) is 23.0. The standard InChI is InChI=1S/C16H17NO3/c1-10(16-13(18)3-2-4-14(16)19)17-12-5-6-15-11(9-12)7-8-20-15/h2-6,9-10,17-19H,7-8H2,1H3. The lowest BCUT2D eigenvalue weighted by Crippen LogP contribution is -2.07. The lowest BCUT2D eigenvalue weighted by atomic mass is 10.0. The van der Waals surface area contributed by atoms with Gasteiger partial charge < -0.3 is 20.3 Å². The van der Waals surface area contributed by atoms with Crippen molar-refractivity contribution in [1.82, 2.24) is 0 Å². The van der Waals surface area contributed by atoms with E-state index in [1.807, 2.05) is 19.1 Å². The number of fused-ring (bicyclic) bond motifs is 1. The van der Waals surface area contributed by atoms with E-state index in [1.54, 1.807) is 18.2 Å². The molecule has 0 spiro atoms. The van der Waals surface area contributed by atoms with Crippen LogP contribution in [0.3, 0.4) is 0 Å². The van der Waals surface area contributed by atoms with E-state index in [4.69, 9.17) is 4.74 Å². The maximum absolute atomic E-state index is 9.87. The minimum Gasteiger partial charge on any atom is -0.507 e. The van der Waals surface area contributed by atoms with Crippen molar-refractivity contribution in [2.45, 2.75) is 19.4 Å². The van der Waals surface area contributed by atoms with Crippen LogP contribution >= 0.6 is 0 Å². The topological polar surface area (TPSA) is 61.7 Å². The summed E-state index contributed by atoms with van der Waals surface area (Å²) in [6.45, 7) is 2.63. The van der Waals surface area contributed by atoms with Crippen LogP contribution in [0.4, 0.5) is 5.69 Å². The normalized spacial score (nSPS) is 14.4. The third-order valence-electron chi connectivity index (χ3n) is 3.57. The fourth-order valence-electron chi connectivity index (χ4n) is 2.58. The van der Waals surface area contributed by atoms with Crippen LogP contribution in [0.5, 0.6) is 17.2 Å². The molecular formula is C16H17NO3. The van der Waals surface area contributed by atoms with Crippen LogP contribution in [0.1, 0.15) is 24.1 Å². The number of phenols is 2. The summed E-state index contributed by atoms with van der Waals surface area (Å²) < 4.78 is 5.47. The predicted molar refractivity (Wildman–Crippen MR) is 77.5 cm³/mol. The first-order valence-corrected chi connectivity index (χ1v) is 6.68. The van der Waals surface area contributed by atoms with Crippen molar-refractivity contribution in [3.63, 3.8) is 0 Å². The van der Waals surface area contributed by atoms with Gasteiger partial charge in [-0.2, -0.15) is 0 Å². The smallest absolute Gasteiger partial charge is 0.124 e. The lowest BCUT2D eigenvalue weighted by Gasteiger charge is -2.18. The van der Waals surface area contributed by atoms with Crippen LogP contribution < -0.4 is 10.1 Å². The lowest BCUT2D eigenvalue weighted by molar-refractivity contribution is 0.357. The Labute approximate surface area is 117 Å². The minimum atomic E-state index is -0.198. The molecule has 0 saturated heterocycles. The molecule has 0 fully saturated rings. The van der Waals surface area contributed by atoms with Crippen molar-refractivity contribution in [2.24, 2.45) is 0 Å². The average Bonchev–Trinajstić information content (AvgIpc) is 2.85. The highest BCUT2D eigenvalue weighted by molar-refractivity contribution is 5.55. The van der Waals surface area contributed by atoms with Gasteiger partial charge in [-0.25, -0.2) is 0 Å². The zero-order chi connectivity index (χ0) is 14.1. The van der Waals surface area contributed by atoms with Crippen LogP contribution in [0.15, 0.2) is 36.4 Å². The van der Waals surface area contributed by atoms with E-state index in [9.17, 15) is 10.2 Å². The fraction of sp³-hybridized carbons (Fsp3) is 0.250. The monoisotopic (exact) mass is 271 g/mol. The first-order chi connectivity index (χ1) is 9.65. The zero-order valence-electron chi connectivity index (χ0n) is 11.3. The molecule has 0 saturated carbocycles. The summed E-state index contributed by atoms with van der Waals surface area (Å²) in [6.07, 6.45) is 0.918. The van der Waals surface area contributed by atoms with E-state index < -0.39 is 0 Å². The summed E-state index contributed by atoms with van der Waals surface area (Å²) in [6, 6.07) is 10.5. The van der Waals surface area contributed by atoms with Gasteiger partial charge in [-0.05, 0) is 42.8 Å². The molecule has 0 amide bonds. The van der Waals surface area contributed by atoms with Crippen LogP contribution in [-0.4, -0.2) is 16.8 Å². The van der Waals surface area contributed by atoms with E-state index in [0.29, 0.717) is 5.56 Å². The molecule has 2 aromatic rings. The van der Waals surface area contributed by atoms with E-state index in [1.165, 1.54) is 5.56 Å². The van der Waals surface area contributed by atoms with Crippen LogP contribution in [0.2, 0.25) is 0 Å². The van der Waals surface area contributed by atoms with Gasteiger partial charge >= 0.3 is 0 Å². The van der Waals surface area contributed by atoms with Gasteiger partial charge in [0.2, 0.25) is 0 Å². The average molecular weight is 271 g/mol. The quantitative estimate of drug-likeness (QED) is 0.802. The van der Waals surface area contributed by atoms with Gasteiger partial charge in [-0.1, -0.05) is 6.07 Å². The molecule has 0 aromatic heterocycles. The van der Waals surface area contributed by atoms with Gasteiger partial charge in [0.1, 0.15) is 17.2 Å². The summed E-state index contributed by atoms with van der Waals surface area (Å²) in [7, 11) is 0. The Morgan fingerprint density at radius 3 is 2.65 bits per heavy atom. The number of anilines is 1. The second-order valence-electron chi connectivity index (χ2n) is 5.00. The molecule has 1 unspecified atom stereocenters. The number of aromatic hydroxyl groups is 2. The molecule has 2 aromatic carbocycles. The van der Waals surface area contributed by atoms with Crippen molar-refractivity contribution in [3.8, 4) is 17.2 Å². The van der Waals surface area contributed by atoms with Crippen LogP contribution in [0, 0.1) is 0 Å². The van der Waals surface area contributed by atoms with Crippen molar-refractivity contribution in [3.05, 3.63) is 47.5 Å². The van der Waals surface area contributed by atoms with Crippen molar-refractivity contribution < 1.29 is 14.9 Å². The first-order valence-electron chi connectivity index (χ1n) is 6.68. The Hall–Kier alpha value is -2.36. The fourth-order valence-corrected chi connectivity index (χ4v) is 2.58. The van der Waals surface area contributed by atoms with E-state index >= 15 is 0 Å². The highest BCUT2D eigenvalue weighted by Crippen LogP contribution is 2.35. The number of rotatable bonds is 3. The highest BCUT2D eigenvalue weighted by Gasteiger charge is 2.16. The van der Waals surface area contributed by atoms with Gasteiger partial charge in [0.05, 0.1) is 18.2 Å². The maximum Gasteiger partial charge on any atom is 0.124 e. The number of hydrogen-bond acceptors (Lipinski definition) is 4. The molecule has 104 valence electrons. The summed E-state index contributed by atoms with van der Waals surface area (Å²) in [5.74, 6) is 1.12. The maximum atomic E-state index is 9.87. The number of ether oxygens (including phenoxy) is 1. The van der Waals surface area contributed by atoms with Gasteiger partial charge in [0.15, 0.2) is 0 Å². The van der Waals surface area contributed by atoms with Gasteiger partial charge in [-0.15, -0.1) is 0 Å². The second kappa shape index (κ2) is 4.96. The molecule has 1 aliphatic heterocycles. The van der Waals surface area contributed by atoms with Crippen molar-refractivity contribution in [1.29, 1.82) is 0 Å². The molecule has 0 aliphatic carbocycles. The predicted octanol–water partition coefficient (Wildman–Crippen LogP) is 3.21. The first kappa shape index (κ1) is 12.7. The molecule has 1 aliphatic rings. The summed E-state index contributed by atoms with van der Waals surface area (Å²) in [5.41, 5.74) is 2.64. The van der Waals surface area contributed by atoms with Gasteiger partial charge in [0, 0.05) is 12.1 Å². The zero-order valence-corrected chi connectivity index (χ0v) is 11.3. The summed E-state index contributed by atoms with van der Waals surface area (Å²) >= 11 is 0. The molecule has 1 atom stereocenters. The van der Waals surface area contributed by atoms with Crippen molar-refractivity contribution >= 4 is 5.69 Å². The van der Waals surface area contributed by atoms with Crippen molar-refractivity contribution in [2.75, 3.05) is 11.9 Å². The van der Waals surface area contributed by atoms with Gasteiger partial charge in [-0.3, -0.25) is 0 Å². The van der Waals surface area contributed by atoms with E-state index in [2.05, 4.69) is 11.4 Å². The largest absolute Gasteiger partial charge is 0.507 e. The molecule has 4 heteroatoms. The molecular weight excluding hydrogens is 254 g/mol. The molecule has 3 rings (SSSR count). The third-order valence-corrected chi connectivity index (χ3v) is 3.57. The third kappa shape index (κ3) is 2.25. The number of benzene rings is 2. The van der Waals surface area contributed by atoms with Crippen LogP contribution in [0.25, 0.3) is 0 Å². The number of phenolic OH excluding ortho intramolecular Hbond substituents is 2. The molecule has 20 heavy (non-hydrogen) atoms. The van der Waals surface area contributed by atoms with Crippen LogP contribution in [-0.2, 0) is 6.42 Å². The molecule has 4 nitrogen and oxygen atoms in total. The number of hydrogen-bond donors (Lipinski definition) is 3. The highest BCUT2D eigenvalue weighted by atomic mass is 16.5. The minimum absolute atomic E-state index is 0.0921. The Bertz CT molecular complexity index is 619. The van der Waals surface area contributed by atoms with Gasteiger partial charge in [0.25, 0.3) is 0 Å². The second-order valence-corrected chi connectivity index (χ2v) is 5.00. The summed E-state index contributed by atoms with van der Waals surface area (Å²) in [4.78, 5) is 0. The Morgan fingerprint density at radius 1 is 1.15 bits per heavy atom.